The van der Waals surface area contributed by atoms with Crippen LogP contribution in [0.15, 0.2) is 182 Å². The lowest BCUT2D eigenvalue weighted by Crippen LogP contribution is -1.93. The highest BCUT2D eigenvalue weighted by Crippen LogP contribution is 2.46. The molecule has 0 fully saturated rings. The Morgan fingerprint density at radius 1 is 0.309 bits per heavy atom. The van der Waals surface area contributed by atoms with Crippen LogP contribution >= 0.6 is 0 Å². The number of para-hydroxylation sites is 1. The van der Waals surface area contributed by atoms with E-state index in [2.05, 4.69) is 207 Å². The second kappa shape index (κ2) is 13.3. The van der Waals surface area contributed by atoms with E-state index in [1.165, 1.54) is 110 Å². The van der Waals surface area contributed by atoms with Gasteiger partial charge in [-0.05, 0) is 128 Å². The summed E-state index contributed by atoms with van der Waals surface area (Å²) in [6.07, 6.45) is 0. The fourth-order valence-corrected chi connectivity index (χ4v) is 8.87. The lowest BCUT2D eigenvalue weighted by molar-refractivity contribution is 0.827. The van der Waals surface area contributed by atoms with Crippen LogP contribution in [0.4, 0.5) is 0 Å². The van der Waals surface area contributed by atoms with Crippen LogP contribution in [0.5, 0.6) is 0 Å². The normalized spacial score (nSPS) is 11.6. The van der Waals surface area contributed by atoms with E-state index >= 15 is 0 Å². The molecule has 1 heteroatoms. The van der Waals surface area contributed by atoms with E-state index in [9.17, 15) is 0 Å². The van der Waals surface area contributed by atoms with Crippen molar-refractivity contribution in [3.63, 3.8) is 0 Å². The number of benzene rings is 9. The van der Waals surface area contributed by atoms with Gasteiger partial charge in [0.2, 0.25) is 0 Å². The summed E-state index contributed by atoms with van der Waals surface area (Å²) in [5.74, 6) is 0. The maximum atomic E-state index is 2.42. The molecule has 0 aliphatic rings. The quantitative estimate of drug-likeness (QED) is 0.152. The third-order valence-corrected chi connectivity index (χ3v) is 11.5. The highest BCUT2D eigenvalue weighted by molar-refractivity contribution is 6.22. The Kier molecular flexibility index (Phi) is 7.96. The monoisotopic (exact) mass is 703 g/mol. The molecule has 0 saturated heterocycles. The van der Waals surface area contributed by atoms with Crippen molar-refractivity contribution < 1.29 is 0 Å². The van der Waals surface area contributed by atoms with Crippen molar-refractivity contribution in [1.29, 1.82) is 0 Å². The summed E-state index contributed by atoms with van der Waals surface area (Å²) in [4.78, 5) is 0. The molecule has 0 N–H and O–H groups in total. The molecule has 0 aliphatic heterocycles. The van der Waals surface area contributed by atoms with E-state index in [-0.39, 0.29) is 0 Å². The summed E-state index contributed by atoms with van der Waals surface area (Å²) >= 11 is 0. The van der Waals surface area contributed by atoms with Gasteiger partial charge in [-0.15, -0.1) is 0 Å². The van der Waals surface area contributed by atoms with E-state index in [1.807, 2.05) is 0 Å². The van der Waals surface area contributed by atoms with Crippen molar-refractivity contribution >= 4 is 43.4 Å². The van der Waals surface area contributed by atoms with Gasteiger partial charge in [0.1, 0.15) is 0 Å². The standard InChI is InChI=1S/C54H41N/c1-4-55-51-19-9-8-18-45(51)48-32-42(26-29-52(48)55)37-20-22-39(23-21-37)54-47-28-25-43(40-16-10-12-35(2)30-40)33-49(47)53(38-14-6-5-7-15-38)46-27-24-44(34-50(46)54)41-17-11-13-36(3)31-41/h5-34H,4H2,1-3H3. The molecule has 10 rings (SSSR count). The number of aryl methyl sites for hydroxylation is 3. The SMILES string of the molecule is CCn1c2ccccc2c2cc(-c3ccc(-c4c5ccc(-c6cccc(C)c6)cc5c(-c5ccccc5)c5ccc(-c6cccc(C)c6)cc45)cc3)ccc21. The first-order valence-corrected chi connectivity index (χ1v) is 19.4. The molecular formula is C54H41N. The molecule has 0 radical (unpaired) electrons. The highest BCUT2D eigenvalue weighted by Gasteiger charge is 2.19. The summed E-state index contributed by atoms with van der Waals surface area (Å²) in [5, 5.41) is 7.65. The Morgan fingerprint density at radius 2 is 0.745 bits per heavy atom. The smallest absolute Gasteiger partial charge is 0.0491 e. The largest absolute Gasteiger partial charge is 0.341 e. The summed E-state index contributed by atoms with van der Waals surface area (Å²) in [5.41, 5.74) is 17.5. The lowest BCUT2D eigenvalue weighted by Gasteiger charge is -2.20. The van der Waals surface area contributed by atoms with Gasteiger partial charge < -0.3 is 4.57 Å². The first kappa shape index (κ1) is 32.9. The molecule has 0 atom stereocenters. The fraction of sp³-hybridized carbons (Fsp3) is 0.0741. The van der Waals surface area contributed by atoms with Crippen molar-refractivity contribution in [2.45, 2.75) is 27.3 Å². The number of hydrogen-bond donors (Lipinski definition) is 0. The number of hydrogen-bond acceptors (Lipinski definition) is 0. The van der Waals surface area contributed by atoms with Gasteiger partial charge in [-0.1, -0.05) is 163 Å². The molecule has 262 valence electrons. The maximum absolute atomic E-state index is 2.42. The van der Waals surface area contributed by atoms with Crippen LogP contribution < -0.4 is 0 Å². The molecule has 0 saturated carbocycles. The average Bonchev–Trinajstić information content (AvgIpc) is 3.55. The first-order valence-electron chi connectivity index (χ1n) is 19.4. The molecule has 9 aromatic carbocycles. The molecule has 1 heterocycles. The van der Waals surface area contributed by atoms with Crippen molar-refractivity contribution in [2.75, 3.05) is 0 Å². The van der Waals surface area contributed by atoms with Gasteiger partial charge >= 0.3 is 0 Å². The minimum absolute atomic E-state index is 0.946. The Balaban J connectivity index is 1.22. The molecule has 1 nitrogen and oxygen atoms in total. The molecular weight excluding hydrogens is 663 g/mol. The summed E-state index contributed by atoms with van der Waals surface area (Å²) in [6.45, 7) is 7.51. The topological polar surface area (TPSA) is 4.93 Å². The average molecular weight is 704 g/mol. The molecule has 0 amide bonds. The van der Waals surface area contributed by atoms with Crippen LogP contribution in [0.2, 0.25) is 0 Å². The van der Waals surface area contributed by atoms with E-state index in [0.29, 0.717) is 0 Å². The van der Waals surface area contributed by atoms with E-state index in [0.717, 1.165) is 6.54 Å². The summed E-state index contributed by atoms with van der Waals surface area (Å²) < 4.78 is 2.42. The predicted molar refractivity (Wildman–Crippen MR) is 237 cm³/mol. The molecule has 10 aromatic rings. The van der Waals surface area contributed by atoms with Gasteiger partial charge in [0.25, 0.3) is 0 Å². The molecule has 0 spiro atoms. The van der Waals surface area contributed by atoms with Crippen LogP contribution in [0.3, 0.4) is 0 Å². The minimum Gasteiger partial charge on any atom is -0.341 e. The third kappa shape index (κ3) is 5.63. The van der Waals surface area contributed by atoms with Crippen molar-refractivity contribution in [3.05, 3.63) is 193 Å². The molecule has 55 heavy (non-hydrogen) atoms. The van der Waals surface area contributed by atoms with E-state index < -0.39 is 0 Å². The molecule has 0 unspecified atom stereocenters. The van der Waals surface area contributed by atoms with Crippen LogP contribution in [-0.2, 0) is 6.54 Å². The van der Waals surface area contributed by atoms with Gasteiger partial charge in [-0.25, -0.2) is 0 Å². The highest BCUT2D eigenvalue weighted by atomic mass is 15.0. The van der Waals surface area contributed by atoms with Crippen LogP contribution in [0.25, 0.3) is 99.0 Å². The maximum Gasteiger partial charge on any atom is 0.0491 e. The molecule has 0 aliphatic carbocycles. The van der Waals surface area contributed by atoms with Crippen LogP contribution in [0, 0.1) is 13.8 Å². The zero-order valence-electron chi connectivity index (χ0n) is 31.5. The fourth-order valence-electron chi connectivity index (χ4n) is 8.87. The van der Waals surface area contributed by atoms with Crippen LogP contribution in [-0.4, -0.2) is 4.57 Å². The predicted octanol–water partition coefficient (Wildman–Crippen LogP) is 15.1. The van der Waals surface area contributed by atoms with E-state index in [4.69, 9.17) is 0 Å². The Morgan fingerprint density at radius 3 is 1.35 bits per heavy atom. The van der Waals surface area contributed by atoms with Gasteiger partial charge in [-0.3, -0.25) is 0 Å². The van der Waals surface area contributed by atoms with Crippen molar-refractivity contribution in [3.8, 4) is 55.6 Å². The Labute approximate surface area is 322 Å². The first-order chi connectivity index (χ1) is 27.0. The van der Waals surface area contributed by atoms with Gasteiger partial charge in [0.15, 0.2) is 0 Å². The summed E-state index contributed by atoms with van der Waals surface area (Å²) in [6, 6.07) is 67.8. The number of rotatable bonds is 6. The van der Waals surface area contributed by atoms with Crippen molar-refractivity contribution in [1.82, 2.24) is 4.57 Å². The second-order valence-corrected chi connectivity index (χ2v) is 14.9. The second-order valence-electron chi connectivity index (χ2n) is 14.9. The number of fused-ring (bicyclic) bond motifs is 5. The molecule has 0 bridgehead atoms. The summed E-state index contributed by atoms with van der Waals surface area (Å²) in [7, 11) is 0. The number of nitrogens with zero attached hydrogens (tertiary/aromatic N) is 1. The molecule has 1 aromatic heterocycles. The van der Waals surface area contributed by atoms with Crippen LogP contribution in [0.1, 0.15) is 18.1 Å². The third-order valence-electron chi connectivity index (χ3n) is 11.5. The zero-order chi connectivity index (χ0) is 37.0. The Hall–Kier alpha value is -6.70. The van der Waals surface area contributed by atoms with Crippen molar-refractivity contribution in [2.24, 2.45) is 0 Å². The Bertz CT molecular complexity index is 3070. The zero-order valence-corrected chi connectivity index (χ0v) is 31.5. The lowest BCUT2D eigenvalue weighted by atomic mass is 9.83. The van der Waals surface area contributed by atoms with Gasteiger partial charge in [-0.2, -0.15) is 0 Å². The van der Waals surface area contributed by atoms with E-state index in [1.54, 1.807) is 0 Å². The number of aromatic nitrogens is 1. The van der Waals surface area contributed by atoms with Gasteiger partial charge in [0.05, 0.1) is 0 Å². The van der Waals surface area contributed by atoms with Gasteiger partial charge in [0, 0.05) is 28.4 Å². The minimum atomic E-state index is 0.946.